The van der Waals surface area contributed by atoms with Gasteiger partial charge in [0.2, 0.25) is 5.91 Å². The van der Waals surface area contributed by atoms with E-state index in [-0.39, 0.29) is 19.0 Å². The highest BCUT2D eigenvalue weighted by atomic mass is 16.4. The van der Waals surface area contributed by atoms with E-state index < -0.39 is 5.97 Å². The van der Waals surface area contributed by atoms with Gasteiger partial charge in [0.15, 0.2) is 0 Å². The van der Waals surface area contributed by atoms with Crippen LogP contribution in [0.15, 0.2) is 30.3 Å². The summed E-state index contributed by atoms with van der Waals surface area (Å²) in [6.07, 6.45) is 0. The molecule has 1 aliphatic heterocycles. The highest BCUT2D eigenvalue weighted by Crippen LogP contribution is 2.13. The Hall–Kier alpha value is -1.92. The SMILES string of the molecule is O=C(O)CN(C(=O)CN1CCNCC1)c1ccccc1. The van der Waals surface area contributed by atoms with Gasteiger partial charge in [-0.25, -0.2) is 0 Å². The fraction of sp³-hybridized carbons (Fsp3) is 0.429. The fourth-order valence-corrected chi connectivity index (χ4v) is 2.21. The third kappa shape index (κ3) is 4.04. The average molecular weight is 277 g/mol. The topological polar surface area (TPSA) is 72.9 Å². The number of benzene rings is 1. The number of carboxylic acids is 1. The quantitative estimate of drug-likeness (QED) is 0.793. The van der Waals surface area contributed by atoms with Gasteiger partial charge in [-0.05, 0) is 12.1 Å². The molecule has 1 aliphatic rings. The standard InChI is InChI=1S/C14H19N3O3/c18-13(10-16-8-6-15-7-9-16)17(11-14(19)20)12-4-2-1-3-5-12/h1-5,15H,6-11H2,(H,19,20). The molecule has 1 amide bonds. The van der Waals surface area contributed by atoms with Crippen molar-refractivity contribution >= 4 is 17.6 Å². The smallest absolute Gasteiger partial charge is 0.323 e. The third-order valence-corrected chi connectivity index (χ3v) is 3.23. The van der Waals surface area contributed by atoms with Gasteiger partial charge in [0.05, 0.1) is 6.54 Å². The molecule has 1 aromatic rings. The number of rotatable bonds is 5. The number of anilines is 1. The molecule has 1 aromatic carbocycles. The van der Waals surface area contributed by atoms with Crippen molar-refractivity contribution in [2.75, 3.05) is 44.2 Å². The maximum Gasteiger partial charge on any atom is 0.323 e. The average Bonchev–Trinajstić information content (AvgIpc) is 2.46. The second-order valence-corrected chi connectivity index (χ2v) is 4.74. The molecule has 0 saturated carbocycles. The number of carbonyl (C=O) groups excluding carboxylic acids is 1. The van der Waals surface area contributed by atoms with Crippen molar-refractivity contribution < 1.29 is 14.7 Å². The van der Waals surface area contributed by atoms with Crippen molar-refractivity contribution in [1.82, 2.24) is 10.2 Å². The lowest BCUT2D eigenvalue weighted by Gasteiger charge is -2.29. The van der Waals surface area contributed by atoms with Crippen molar-refractivity contribution in [3.8, 4) is 0 Å². The maximum atomic E-state index is 12.3. The van der Waals surface area contributed by atoms with Gasteiger partial charge in [-0.15, -0.1) is 0 Å². The number of nitrogens with zero attached hydrogens (tertiary/aromatic N) is 2. The van der Waals surface area contributed by atoms with Crippen LogP contribution < -0.4 is 10.2 Å². The fourth-order valence-electron chi connectivity index (χ4n) is 2.21. The van der Waals surface area contributed by atoms with Gasteiger partial charge < -0.3 is 15.3 Å². The number of carboxylic acid groups (broad SMARTS) is 1. The summed E-state index contributed by atoms with van der Waals surface area (Å²) in [7, 11) is 0. The van der Waals surface area contributed by atoms with E-state index in [1.165, 1.54) is 4.90 Å². The van der Waals surface area contributed by atoms with Gasteiger partial charge in [0.25, 0.3) is 0 Å². The van der Waals surface area contributed by atoms with E-state index in [9.17, 15) is 9.59 Å². The van der Waals surface area contributed by atoms with E-state index in [1.807, 2.05) is 11.0 Å². The Bertz CT molecular complexity index is 458. The van der Waals surface area contributed by atoms with Crippen molar-refractivity contribution in [2.45, 2.75) is 0 Å². The number of carbonyl (C=O) groups is 2. The highest BCUT2D eigenvalue weighted by Gasteiger charge is 2.21. The molecule has 0 unspecified atom stereocenters. The number of aliphatic carboxylic acids is 1. The molecule has 0 aromatic heterocycles. The third-order valence-electron chi connectivity index (χ3n) is 3.23. The summed E-state index contributed by atoms with van der Waals surface area (Å²) < 4.78 is 0. The Morgan fingerprint density at radius 3 is 2.45 bits per heavy atom. The molecular formula is C14H19N3O3. The molecule has 1 fully saturated rings. The summed E-state index contributed by atoms with van der Waals surface area (Å²) in [5, 5.41) is 12.2. The molecule has 2 rings (SSSR count). The molecular weight excluding hydrogens is 258 g/mol. The van der Waals surface area contributed by atoms with Gasteiger partial charge in [0, 0.05) is 31.9 Å². The van der Waals surface area contributed by atoms with Gasteiger partial charge in [-0.3, -0.25) is 14.5 Å². The minimum atomic E-state index is -1.01. The molecule has 0 bridgehead atoms. The molecule has 1 heterocycles. The van der Waals surface area contributed by atoms with Gasteiger partial charge in [-0.2, -0.15) is 0 Å². The van der Waals surface area contributed by atoms with Gasteiger partial charge in [-0.1, -0.05) is 18.2 Å². The van der Waals surface area contributed by atoms with Crippen molar-refractivity contribution in [1.29, 1.82) is 0 Å². The number of piperazine rings is 1. The molecule has 6 heteroatoms. The summed E-state index contributed by atoms with van der Waals surface area (Å²) in [4.78, 5) is 26.7. The first kappa shape index (κ1) is 14.5. The summed E-state index contributed by atoms with van der Waals surface area (Å²) >= 11 is 0. The maximum absolute atomic E-state index is 12.3. The normalized spacial score (nSPS) is 15.8. The highest BCUT2D eigenvalue weighted by molar-refractivity contribution is 5.98. The minimum absolute atomic E-state index is 0.180. The molecule has 6 nitrogen and oxygen atoms in total. The molecule has 1 saturated heterocycles. The lowest BCUT2D eigenvalue weighted by molar-refractivity contribution is -0.136. The van der Waals surface area contributed by atoms with Gasteiger partial charge >= 0.3 is 5.97 Å². The van der Waals surface area contributed by atoms with Crippen LogP contribution in [0.3, 0.4) is 0 Å². The minimum Gasteiger partial charge on any atom is -0.480 e. The molecule has 0 atom stereocenters. The summed E-state index contributed by atoms with van der Waals surface area (Å²) in [5.74, 6) is -1.19. The molecule has 20 heavy (non-hydrogen) atoms. The lowest BCUT2D eigenvalue weighted by atomic mass is 10.2. The predicted molar refractivity (Wildman–Crippen MR) is 75.7 cm³/mol. The van der Waals surface area contributed by atoms with Crippen LogP contribution >= 0.6 is 0 Å². The van der Waals surface area contributed by atoms with E-state index >= 15 is 0 Å². The van der Waals surface area contributed by atoms with Crippen LogP contribution in [0.1, 0.15) is 0 Å². The van der Waals surface area contributed by atoms with Crippen LogP contribution in [0.4, 0.5) is 5.69 Å². The molecule has 0 spiro atoms. The van der Waals surface area contributed by atoms with Crippen LogP contribution in [-0.4, -0.2) is 61.2 Å². The molecule has 2 N–H and O–H groups in total. The van der Waals surface area contributed by atoms with E-state index in [1.54, 1.807) is 24.3 Å². The molecule has 0 radical (unpaired) electrons. The van der Waals surface area contributed by atoms with Crippen molar-refractivity contribution in [3.05, 3.63) is 30.3 Å². The summed E-state index contributed by atoms with van der Waals surface area (Å²) in [5.41, 5.74) is 0.620. The Kier molecular flexibility index (Phi) is 5.09. The van der Waals surface area contributed by atoms with Crippen LogP contribution in [0.5, 0.6) is 0 Å². The van der Waals surface area contributed by atoms with E-state index in [2.05, 4.69) is 5.32 Å². The first-order valence-corrected chi connectivity index (χ1v) is 6.67. The predicted octanol–water partition coefficient (Wildman–Crippen LogP) is 0.00940. The number of para-hydroxylation sites is 1. The zero-order valence-corrected chi connectivity index (χ0v) is 11.3. The van der Waals surface area contributed by atoms with Crippen LogP contribution in [0, 0.1) is 0 Å². The Morgan fingerprint density at radius 1 is 1.20 bits per heavy atom. The first-order valence-electron chi connectivity index (χ1n) is 6.67. The van der Waals surface area contributed by atoms with Crippen LogP contribution in [-0.2, 0) is 9.59 Å². The monoisotopic (exact) mass is 277 g/mol. The molecule has 108 valence electrons. The van der Waals surface area contributed by atoms with Crippen LogP contribution in [0.2, 0.25) is 0 Å². The lowest BCUT2D eigenvalue weighted by Crippen LogP contribution is -2.49. The largest absolute Gasteiger partial charge is 0.480 e. The second kappa shape index (κ2) is 7.02. The zero-order chi connectivity index (χ0) is 14.4. The number of hydrogen-bond acceptors (Lipinski definition) is 4. The second-order valence-electron chi connectivity index (χ2n) is 4.74. The Labute approximate surface area is 118 Å². The van der Waals surface area contributed by atoms with Crippen LogP contribution in [0.25, 0.3) is 0 Å². The first-order chi connectivity index (χ1) is 9.66. The van der Waals surface area contributed by atoms with Crippen molar-refractivity contribution in [3.63, 3.8) is 0 Å². The summed E-state index contributed by atoms with van der Waals surface area (Å²) in [6, 6.07) is 8.92. The number of amides is 1. The Balaban J connectivity index is 2.05. The zero-order valence-electron chi connectivity index (χ0n) is 11.3. The molecule has 0 aliphatic carbocycles. The number of hydrogen-bond donors (Lipinski definition) is 2. The van der Waals surface area contributed by atoms with E-state index in [0.717, 1.165) is 26.2 Å². The Morgan fingerprint density at radius 2 is 1.85 bits per heavy atom. The van der Waals surface area contributed by atoms with E-state index in [0.29, 0.717) is 5.69 Å². The van der Waals surface area contributed by atoms with Crippen molar-refractivity contribution in [2.24, 2.45) is 0 Å². The summed E-state index contributed by atoms with van der Waals surface area (Å²) in [6.45, 7) is 3.27. The number of nitrogens with one attached hydrogen (secondary N) is 1. The van der Waals surface area contributed by atoms with Gasteiger partial charge in [0.1, 0.15) is 6.54 Å². The van der Waals surface area contributed by atoms with E-state index in [4.69, 9.17) is 5.11 Å².